The number of carbonyl (C=O) groups is 3. The molecule has 0 saturated heterocycles. The summed E-state index contributed by atoms with van der Waals surface area (Å²) < 4.78 is 0. The number of hydrogen-bond donors (Lipinski definition) is 4. The average Bonchev–Trinajstić information content (AvgIpc) is 2.56. The Balaban J connectivity index is 2.15. The van der Waals surface area contributed by atoms with Crippen LogP contribution < -0.4 is 21.7 Å². The first kappa shape index (κ1) is 17.8. The first-order chi connectivity index (χ1) is 11.4. The van der Waals surface area contributed by atoms with Crippen LogP contribution in [-0.2, 0) is 4.79 Å². The molecule has 7 nitrogen and oxygen atoms in total. The molecule has 0 radical (unpaired) electrons. The van der Waals surface area contributed by atoms with E-state index in [0.717, 1.165) is 24.8 Å². The molecule has 2 rings (SSSR count). The van der Waals surface area contributed by atoms with Crippen molar-refractivity contribution in [3.05, 3.63) is 29.3 Å². The molecule has 0 unspecified atom stereocenters. The number of rotatable bonds is 4. The number of aryl methyl sites for hydroxylation is 1. The van der Waals surface area contributed by atoms with E-state index in [1.54, 1.807) is 19.2 Å². The molecule has 5 N–H and O–H groups in total. The van der Waals surface area contributed by atoms with Crippen LogP contribution in [0.2, 0.25) is 0 Å². The van der Waals surface area contributed by atoms with Crippen molar-refractivity contribution in [3.8, 4) is 0 Å². The minimum absolute atomic E-state index is 0.181. The number of likely N-dealkylation sites (N-methyl/N-ethyl adjacent to an activating group) is 1. The third kappa shape index (κ3) is 3.84. The summed E-state index contributed by atoms with van der Waals surface area (Å²) in [6, 6.07) is 4.38. The van der Waals surface area contributed by atoms with Gasteiger partial charge in [-0.1, -0.05) is 25.3 Å². The molecule has 1 aliphatic rings. The molecule has 4 amide bonds. The number of amides is 4. The highest BCUT2D eigenvalue weighted by Crippen LogP contribution is 2.28. The van der Waals surface area contributed by atoms with Gasteiger partial charge in [0.15, 0.2) is 0 Å². The number of carbonyl (C=O) groups excluding carboxylic acids is 3. The summed E-state index contributed by atoms with van der Waals surface area (Å²) in [6.45, 7) is 1.81. The molecule has 130 valence electrons. The Kier molecular flexibility index (Phi) is 5.43. The summed E-state index contributed by atoms with van der Waals surface area (Å²) in [5, 5.41) is 8.19. The maximum atomic E-state index is 12.4. The van der Waals surface area contributed by atoms with E-state index in [4.69, 9.17) is 5.73 Å². The molecule has 1 aromatic rings. The highest BCUT2D eigenvalue weighted by molar-refractivity contribution is 5.98. The second kappa shape index (κ2) is 7.33. The average molecular weight is 332 g/mol. The van der Waals surface area contributed by atoms with Crippen molar-refractivity contribution >= 4 is 23.5 Å². The van der Waals surface area contributed by atoms with Gasteiger partial charge in [-0.2, -0.15) is 0 Å². The minimum atomic E-state index is -0.883. The summed E-state index contributed by atoms with van der Waals surface area (Å²) in [7, 11) is 1.57. The van der Waals surface area contributed by atoms with Crippen LogP contribution in [-0.4, -0.2) is 30.4 Å². The van der Waals surface area contributed by atoms with Crippen molar-refractivity contribution in [3.63, 3.8) is 0 Å². The molecule has 7 heteroatoms. The van der Waals surface area contributed by atoms with E-state index >= 15 is 0 Å². The van der Waals surface area contributed by atoms with E-state index in [1.807, 2.05) is 6.92 Å². The second-order valence-electron chi connectivity index (χ2n) is 6.19. The maximum Gasteiger partial charge on any atom is 0.320 e. The van der Waals surface area contributed by atoms with Crippen LogP contribution in [0.3, 0.4) is 0 Å². The van der Waals surface area contributed by atoms with E-state index in [9.17, 15) is 14.4 Å². The molecule has 0 spiro atoms. The Morgan fingerprint density at radius 1 is 1.12 bits per heavy atom. The molecule has 0 bridgehead atoms. The Hall–Kier alpha value is -2.57. The summed E-state index contributed by atoms with van der Waals surface area (Å²) in [4.78, 5) is 36.0. The normalized spacial score (nSPS) is 16.1. The van der Waals surface area contributed by atoms with E-state index in [0.29, 0.717) is 24.1 Å². The smallest absolute Gasteiger partial charge is 0.320 e. The first-order valence-electron chi connectivity index (χ1n) is 8.10. The lowest BCUT2D eigenvalue weighted by molar-refractivity contribution is -0.128. The third-order valence-corrected chi connectivity index (χ3v) is 4.49. The Bertz CT molecular complexity index is 651. The van der Waals surface area contributed by atoms with Crippen LogP contribution in [0.25, 0.3) is 0 Å². The molecular weight excluding hydrogens is 308 g/mol. The van der Waals surface area contributed by atoms with E-state index < -0.39 is 17.5 Å². The third-order valence-electron chi connectivity index (χ3n) is 4.49. The SMILES string of the molecule is CNC(=O)C1(NC(=O)Nc2cc(C(N)=O)ccc2C)CCCCC1. The van der Waals surface area contributed by atoms with E-state index in [2.05, 4.69) is 16.0 Å². The van der Waals surface area contributed by atoms with Gasteiger partial charge in [0.1, 0.15) is 5.54 Å². The van der Waals surface area contributed by atoms with Crippen LogP contribution in [0.15, 0.2) is 18.2 Å². The number of primary amides is 1. The zero-order valence-electron chi connectivity index (χ0n) is 14.1. The van der Waals surface area contributed by atoms with Gasteiger partial charge in [-0.3, -0.25) is 9.59 Å². The molecule has 0 heterocycles. The van der Waals surface area contributed by atoms with Gasteiger partial charge in [-0.05, 0) is 37.5 Å². The lowest BCUT2D eigenvalue weighted by Crippen LogP contribution is -2.60. The van der Waals surface area contributed by atoms with Crippen molar-refractivity contribution in [1.29, 1.82) is 0 Å². The van der Waals surface area contributed by atoms with Crippen molar-refractivity contribution < 1.29 is 14.4 Å². The van der Waals surface area contributed by atoms with Crippen molar-refractivity contribution in [2.24, 2.45) is 5.73 Å². The van der Waals surface area contributed by atoms with Crippen molar-refractivity contribution in [2.75, 3.05) is 12.4 Å². The fourth-order valence-corrected chi connectivity index (χ4v) is 3.08. The number of urea groups is 1. The van der Waals surface area contributed by atoms with Crippen LogP contribution >= 0.6 is 0 Å². The largest absolute Gasteiger partial charge is 0.366 e. The predicted octanol–water partition coefficient (Wildman–Crippen LogP) is 1.66. The zero-order chi connectivity index (χ0) is 17.7. The van der Waals surface area contributed by atoms with Gasteiger partial charge in [-0.25, -0.2) is 4.79 Å². The standard InChI is InChI=1S/C17H24N4O3/c1-11-6-7-12(14(18)22)10-13(11)20-16(24)21-17(15(23)19-2)8-4-3-5-9-17/h6-7,10H,3-5,8-9H2,1-2H3,(H2,18,22)(H,19,23)(H2,20,21,24). The molecule has 24 heavy (non-hydrogen) atoms. The highest BCUT2D eigenvalue weighted by atomic mass is 16.2. The molecule has 1 saturated carbocycles. The van der Waals surface area contributed by atoms with Gasteiger partial charge in [0.25, 0.3) is 0 Å². The number of nitrogens with one attached hydrogen (secondary N) is 3. The second-order valence-corrected chi connectivity index (χ2v) is 6.19. The van der Waals surface area contributed by atoms with Crippen LogP contribution in [0.4, 0.5) is 10.5 Å². The quantitative estimate of drug-likeness (QED) is 0.672. The van der Waals surface area contributed by atoms with Gasteiger partial charge < -0.3 is 21.7 Å². The summed E-state index contributed by atoms with van der Waals surface area (Å²) >= 11 is 0. The lowest BCUT2D eigenvalue weighted by Gasteiger charge is -2.36. The topological polar surface area (TPSA) is 113 Å². The van der Waals surface area contributed by atoms with Crippen LogP contribution in [0.5, 0.6) is 0 Å². The van der Waals surface area contributed by atoms with Gasteiger partial charge in [0, 0.05) is 18.3 Å². The highest BCUT2D eigenvalue weighted by Gasteiger charge is 2.40. The summed E-state index contributed by atoms with van der Waals surface area (Å²) in [5.74, 6) is -0.743. The fraction of sp³-hybridized carbons (Fsp3) is 0.471. The fourth-order valence-electron chi connectivity index (χ4n) is 3.08. The first-order valence-corrected chi connectivity index (χ1v) is 8.10. The molecule has 1 fully saturated rings. The Labute approximate surface area is 141 Å². The van der Waals surface area contributed by atoms with Gasteiger partial charge in [-0.15, -0.1) is 0 Å². The zero-order valence-corrected chi connectivity index (χ0v) is 14.1. The lowest BCUT2D eigenvalue weighted by atomic mass is 9.81. The van der Waals surface area contributed by atoms with Crippen molar-refractivity contribution in [1.82, 2.24) is 10.6 Å². The minimum Gasteiger partial charge on any atom is -0.366 e. The number of benzene rings is 1. The monoisotopic (exact) mass is 332 g/mol. The molecule has 0 atom stereocenters. The molecule has 1 aromatic carbocycles. The molecule has 0 aliphatic heterocycles. The molecule has 1 aliphatic carbocycles. The Morgan fingerprint density at radius 2 is 1.79 bits per heavy atom. The van der Waals surface area contributed by atoms with Crippen LogP contribution in [0, 0.1) is 6.92 Å². The number of anilines is 1. The van der Waals surface area contributed by atoms with Gasteiger partial charge in [0.05, 0.1) is 0 Å². The number of hydrogen-bond acceptors (Lipinski definition) is 3. The molecule has 0 aromatic heterocycles. The predicted molar refractivity (Wildman–Crippen MR) is 91.7 cm³/mol. The number of nitrogens with two attached hydrogens (primary N) is 1. The van der Waals surface area contributed by atoms with E-state index in [1.165, 1.54) is 6.07 Å². The maximum absolute atomic E-state index is 12.4. The molecular formula is C17H24N4O3. The Morgan fingerprint density at radius 3 is 2.38 bits per heavy atom. The summed E-state index contributed by atoms with van der Waals surface area (Å²) in [6.07, 6.45) is 4.07. The van der Waals surface area contributed by atoms with Crippen molar-refractivity contribution in [2.45, 2.75) is 44.6 Å². The van der Waals surface area contributed by atoms with Crippen LogP contribution in [0.1, 0.15) is 48.0 Å². The van der Waals surface area contributed by atoms with E-state index in [-0.39, 0.29) is 5.91 Å². The summed E-state index contributed by atoms with van der Waals surface area (Å²) in [5.41, 5.74) is 5.99. The van der Waals surface area contributed by atoms with Gasteiger partial charge >= 0.3 is 6.03 Å². The van der Waals surface area contributed by atoms with Gasteiger partial charge in [0.2, 0.25) is 11.8 Å².